The van der Waals surface area contributed by atoms with Crippen LogP contribution in [0, 0.1) is 17.0 Å². The molecule has 4 rings (SSSR count). The number of fused-ring (bicyclic) bond motifs is 1. The fraction of sp³-hybridized carbons (Fsp3) is 0.105. The molecule has 0 unspecified atom stereocenters. The average molecular weight is 488 g/mol. The standard InChI is InChI=1S/C19H13N5O5S3/c1-10-9-30-19(20-10)31-15-6-5-11(7-14(15)24(27)28)18(26)29-8-16(25)21-12-3-2-4-13-17(12)23-32-22-13/h2-7,9H,8H2,1H3,(H,21,25). The lowest BCUT2D eigenvalue weighted by Crippen LogP contribution is -2.21. The number of nitrogens with one attached hydrogen (secondary N) is 1. The average Bonchev–Trinajstić information content (AvgIpc) is 3.41. The maximum absolute atomic E-state index is 12.4. The second-order valence-corrected chi connectivity index (χ2v) is 9.03. The van der Waals surface area contributed by atoms with Gasteiger partial charge in [0.25, 0.3) is 11.6 Å². The van der Waals surface area contributed by atoms with E-state index in [1.165, 1.54) is 23.5 Å². The Balaban J connectivity index is 1.42. The molecule has 0 fully saturated rings. The summed E-state index contributed by atoms with van der Waals surface area (Å²) >= 11 is 3.54. The van der Waals surface area contributed by atoms with E-state index in [9.17, 15) is 19.7 Å². The van der Waals surface area contributed by atoms with Crippen molar-refractivity contribution >= 4 is 69.1 Å². The zero-order valence-electron chi connectivity index (χ0n) is 16.3. The molecule has 0 saturated carbocycles. The molecular formula is C19H13N5O5S3. The smallest absolute Gasteiger partial charge is 0.338 e. The molecule has 1 amide bonds. The van der Waals surface area contributed by atoms with E-state index in [0.29, 0.717) is 26.0 Å². The van der Waals surface area contributed by atoms with Crippen molar-refractivity contribution in [3.8, 4) is 0 Å². The second-order valence-electron chi connectivity index (χ2n) is 6.36. The predicted octanol–water partition coefficient (Wildman–Crippen LogP) is 4.31. The molecule has 1 N–H and O–H groups in total. The normalized spacial score (nSPS) is 10.8. The first-order valence-electron chi connectivity index (χ1n) is 8.97. The number of carbonyl (C=O) groups is 2. The maximum atomic E-state index is 12.4. The minimum atomic E-state index is -0.849. The fourth-order valence-electron chi connectivity index (χ4n) is 2.65. The summed E-state index contributed by atoms with van der Waals surface area (Å²) in [4.78, 5) is 40.1. The molecule has 32 heavy (non-hydrogen) atoms. The first-order valence-corrected chi connectivity index (χ1v) is 11.4. The third-order valence-electron chi connectivity index (χ3n) is 4.08. The van der Waals surface area contributed by atoms with Crippen LogP contribution in [0.15, 0.2) is 51.0 Å². The van der Waals surface area contributed by atoms with E-state index in [1.807, 2.05) is 12.3 Å². The number of nitro groups is 1. The van der Waals surface area contributed by atoms with Gasteiger partial charge in [-0.15, -0.1) is 11.3 Å². The molecule has 0 bridgehead atoms. The quantitative estimate of drug-likeness (QED) is 0.229. The summed E-state index contributed by atoms with van der Waals surface area (Å²) < 4.78 is 13.9. The number of ether oxygens (including phenoxy) is 1. The fourth-order valence-corrected chi connectivity index (χ4v) is 5.08. The Kier molecular flexibility index (Phi) is 6.39. The zero-order valence-corrected chi connectivity index (χ0v) is 18.8. The van der Waals surface area contributed by atoms with Gasteiger partial charge in [0, 0.05) is 17.1 Å². The number of aromatic nitrogens is 3. The van der Waals surface area contributed by atoms with Crippen molar-refractivity contribution in [1.82, 2.24) is 13.7 Å². The van der Waals surface area contributed by atoms with Gasteiger partial charge in [-0.3, -0.25) is 14.9 Å². The number of carbonyl (C=O) groups excluding carboxylic acids is 2. The number of rotatable bonds is 7. The van der Waals surface area contributed by atoms with Crippen LogP contribution in [0.1, 0.15) is 16.1 Å². The molecule has 0 atom stereocenters. The third kappa shape index (κ3) is 4.90. The van der Waals surface area contributed by atoms with Gasteiger partial charge in [-0.05, 0) is 31.2 Å². The molecule has 162 valence electrons. The Morgan fingerprint density at radius 1 is 1.25 bits per heavy atom. The summed E-state index contributed by atoms with van der Waals surface area (Å²) in [5.41, 5.74) is 2.17. The highest BCUT2D eigenvalue weighted by Crippen LogP contribution is 2.36. The number of hydrogen-bond donors (Lipinski definition) is 1. The molecule has 2 heterocycles. The van der Waals surface area contributed by atoms with Crippen molar-refractivity contribution in [3.05, 3.63) is 63.1 Å². The van der Waals surface area contributed by atoms with Gasteiger partial charge in [-0.2, -0.15) is 8.75 Å². The van der Waals surface area contributed by atoms with E-state index in [-0.39, 0.29) is 11.3 Å². The van der Waals surface area contributed by atoms with Crippen molar-refractivity contribution in [3.63, 3.8) is 0 Å². The predicted molar refractivity (Wildman–Crippen MR) is 120 cm³/mol. The molecule has 0 spiro atoms. The molecule has 0 aliphatic carbocycles. The van der Waals surface area contributed by atoms with Gasteiger partial charge in [-0.25, -0.2) is 9.78 Å². The molecule has 10 nitrogen and oxygen atoms in total. The number of benzene rings is 2. The first-order chi connectivity index (χ1) is 15.4. The van der Waals surface area contributed by atoms with Crippen LogP contribution >= 0.6 is 34.8 Å². The largest absolute Gasteiger partial charge is 0.452 e. The summed E-state index contributed by atoms with van der Waals surface area (Å²) in [5.74, 6) is -1.42. The molecule has 13 heteroatoms. The monoisotopic (exact) mass is 487 g/mol. The number of aryl methyl sites for hydroxylation is 1. The zero-order chi connectivity index (χ0) is 22.7. The van der Waals surface area contributed by atoms with Gasteiger partial charge < -0.3 is 10.1 Å². The van der Waals surface area contributed by atoms with Crippen molar-refractivity contribution in [2.24, 2.45) is 0 Å². The highest BCUT2D eigenvalue weighted by Gasteiger charge is 2.21. The number of nitrogens with zero attached hydrogens (tertiary/aromatic N) is 4. The Bertz CT molecular complexity index is 1340. The molecule has 0 saturated heterocycles. The Morgan fingerprint density at radius 3 is 2.84 bits per heavy atom. The van der Waals surface area contributed by atoms with Crippen LogP contribution in [0.2, 0.25) is 0 Å². The van der Waals surface area contributed by atoms with Crippen LogP contribution in [0.5, 0.6) is 0 Å². The molecule has 2 aromatic heterocycles. The van der Waals surface area contributed by atoms with Gasteiger partial charge in [0.15, 0.2) is 10.9 Å². The van der Waals surface area contributed by atoms with E-state index in [0.717, 1.165) is 35.3 Å². The lowest BCUT2D eigenvalue weighted by Gasteiger charge is -2.08. The number of hydrogen-bond acceptors (Lipinski definition) is 11. The second kappa shape index (κ2) is 9.38. The lowest BCUT2D eigenvalue weighted by molar-refractivity contribution is -0.387. The molecule has 0 aliphatic rings. The third-order valence-corrected chi connectivity index (χ3v) is 6.75. The van der Waals surface area contributed by atoms with Crippen molar-refractivity contribution in [1.29, 1.82) is 0 Å². The summed E-state index contributed by atoms with van der Waals surface area (Å²) in [5, 5.41) is 16.0. The number of amides is 1. The van der Waals surface area contributed by atoms with Crippen LogP contribution < -0.4 is 5.32 Å². The molecule has 4 aromatic rings. The summed E-state index contributed by atoms with van der Waals surface area (Å²) in [6.07, 6.45) is 0. The van der Waals surface area contributed by atoms with E-state index in [1.54, 1.807) is 18.2 Å². The number of thiazole rings is 1. The van der Waals surface area contributed by atoms with E-state index in [2.05, 4.69) is 19.0 Å². The minimum absolute atomic E-state index is 0.0324. The van der Waals surface area contributed by atoms with Crippen molar-refractivity contribution < 1.29 is 19.2 Å². The lowest BCUT2D eigenvalue weighted by atomic mass is 10.2. The highest BCUT2D eigenvalue weighted by molar-refractivity contribution is 8.01. The Hall–Kier alpha value is -3.42. The van der Waals surface area contributed by atoms with Gasteiger partial charge in [0.1, 0.15) is 11.0 Å². The first kappa shape index (κ1) is 21.8. The summed E-state index contributed by atoms with van der Waals surface area (Å²) in [7, 11) is 0. The van der Waals surface area contributed by atoms with Crippen LogP contribution in [0.4, 0.5) is 11.4 Å². The van der Waals surface area contributed by atoms with E-state index >= 15 is 0 Å². The maximum Gasteiger partial charge on any atom is 0.338 e. The molecular weight excluding hydrogens is 474 g/mol. The van der Waals surface area contributed by atoms with Crippen LogP contribution in [0.25, 0.3) is 11.0 Å². The minimum Gasteiger partial charge on any atom is -0.452 e. The molecule has 0 aliphatic heterocycles. The van der Waals surface area contributed by atoms with Crippen LogP contribution in [-0.2, 0) is 9.53 Å². The van der Waals surface area contributed by atoms with E-state index in [4.69, 9.17) is 4.74 Å². The topological polar surface area (TPSA) is 137 Å². The summed E-state index contributed by atoms with van der Waals surface area (Å²) in [6.45, 7) is 1.27. The van der Waals surface area contributed by atoms with E-state index < -0.39 is 23.4 Å². The van der Waals surface area contributed by atoms with Gasteiger partial charge in [0.05, 0.1) is 32.8 Å². The molecule has 0 radical (unpaired) electrons. The van der Waals surface area contributed by atoms with Crippen LogP contribution in [0.3, 0.4) is 0 Å². The summed E-state index contributed by atoms with van der Waals surface area (Å²) in [6, 6.07) is 9.15. The SMILES string of the molecule is Cc1csc(Sc2ccc(C(=O)OCC(=O)Nc3cccc4nsnc34)cc2[N+](=O)[O-])n1. The number of nitro benzene ring substituents is 1. The number of anilines is 1. The highest BCUT2D eigenvalue weighted by atomic mass is 32.2. The Labute approximate surface area is 193 Å². The van der Waals surface area contributed by atoms with Gasteiger partial charge in [-0.1, -0.05) is 17.8 Å². The van der Waals surface area contributed by atoms with Gasteiger partial charge >= 0.3 is 5.97 Å². The van der Waals surface area contributed by atoms with Crippen LogP contribution in [-0.4, -0.2) is 37.1 Å². The van der Waals surface area contributed by atoms with Gasteiger partial charge in [0.2, 0.25) is 0 Å². The Morgan fingerprint density at radius 2 is 2.09 bits per heavy atom. The van der Waals surface area contributed by atoms with Crippen molar-refractivity contribution in [2.75, 3.05) is 11.9 Å². The molecule has 2 aromatic carbocycles. The number of esters is 1. The van der Waals surface area contributed by atoms with Crippen molar-refractivity contribution in [2.45, 2.75) is 16.2 Å².